The van der Waals surface area contributed by atoms with Gasteiger partial charge < -0.3 is 9.47 Å². The molecule has 7 heteroatoms. The second kappa shape index (κ2) is 9.11. The molecule has 1 aliphatic heterocycles. The predicted molar refractivity (Wildman–Crippen MR) is 90.7 cm³/mol. The molecule has 1 saturated carbocycles. The van der Waals surface area contributed by atoms with Crippen molar-refractivity contribution < 1.29 is 19.2 Å². The van der Waals surface area contributed by atoms with Crippen molar-refractivity contribution in [3.63, 3.8) is 0 Å². The highest BCUT2D eigenvalue weighted by Crippen LogP contribution is 2.48. The number of ketones is 1. The Morgan fingerprint density at radius 3 is 2.54 bits per heavy atom. The van der Waals surface area contributed by atoms with Gasteiger partial charge in [0.05, 0.1) is 13.2 Å². The Morgan fingerprint density at radius 2 is 1.96 bits per heavy atom. The van der Waals surface area contributed by atoms with E-state index in [4.69, 9.17) is 21.1 Å². The lowest BCUT2D eigenvalue weighted by Gasteiger charge is -2.46. The maximum Gasteiger partial charge on any atom is 0.204 e. The molecular weight excluding hydrogens is 334 g/mol. The van der Waals surface area contributed by atoms with Crippen LogP contribution in [0.3, 0.4) is 0 Å². The first-order valence-corrected chi connectivity index (χ1v) is 9.57. The summed E-state index contributed by atoms with van der Waals surface area (Å²) in [5.41, 5.74) is 0. The largest absolute Gasteiger partial charge is 0.347 e. The zero-order chi connectivity index (χ0) is 17.6. The maximum atomic E-state index is 13.0. The minimum Gasteiger partial charge on any atom is -0.347 e. The summed E-state index contributed by atoms with van der Waals surface area (Å²) in [5, 5.41) is 10.7. The van der Waals surface area contributed by atoms with Gasteiger partial charge in [-0.25, -0.2) is 0 Å². The second-order valence-corrected chi connectivity index (χ2v) is 7.19. The molecule has 24 heavy (non-hydrogen) atoms. The zero-order valence-corrected chi connectivity index (χ0v) is 15.1. The smallest absolute Gasteiger partial charge is 0.204 e. The van der Waals surface area contributed by atoms with E-state index in [9.17, 15) is 14.9 Å². The Morgan fingerprint density at radius 1 is 1.25 bits per heavy atom. The molecule has 0 bridgehead atoms. The number of halogens is 1. The predicted octanol–water partition coefficient (Wildman–Crippen LogP) is 3.43. The lowest BCUT2D eigenvalue weighted by Crippen LogP contribution is -2.53. The summed E-state index contributed by atoms with van der Waals surface area (Å²) in [7, 11) is 0. The summed E-state index contributed by atoms with van der Waals surface area (Å²) in [6.07, 6.45) is 5.22. The van der Waals surface area contributed by atoms with Gasteiger partial charge in [-0.2, -0.15) is 0 Å². The number of alkyl halides is 1. The van der Waals surface area contributed by atoms with Gasteiger partial charge in [0, 0.05) is 41.4 Å². The fourth-order valence-electron chi connectivity index (χ4n) is 4.29. The number of Topliss-reactive ketones (excluding diaryl/α,β-unsaturated/α-hetero) is 1. The molecule has 0 unspecified atom stereocenters. The minimum absolute atomic E-state index is 0.0374. The van der Waals surface area contributed by atoms with Gasteiger partial charge in [-0.3, -0.25) is 14.9 Å². The second-order valence-electron chi connectivity index (χ2n) is 6.82. The molecule has 6 nitrogen and oxygen atoms in total. The molecule has 0 aromatic carbocycles. The van der Waals surface area contributed by atoms with Crippen LogP contribution in [0.5, 0.6) is 0 Å². The zero-order valence-electron chi connectivity index (χ0n) is 14.4. The normalized spacial score (nSPS) is 29.2. The maximum absolute atomic E-state index is 13.0. The summed E-state index contributed by atoms with van der Waals surface area (Å²) < 4.78 is 11.9. The van der Waals surface area contributed by atoms with Crippen LogP contribution in [0.1, 0.15) is 51.9 Å². The molecular formula is C17H28ClNO5. The van der Waals surface area contributed by atoms with E-state index in [0.717, 1.165) is 32.1 Å². The molecule has 1 saturated heterocycles. The Bertz CT molecular complexity index is 439. The number of carbonyl (C=O) groups excluding carboxylic acids is 1. The van der Waals surface area contributed by atoms with Crippen LogP contribution in [0.15, 0.2) is 0 Å². The Balaban J connectivity index is 2.12. The Hall–Kier alpha value is -0.720. The molecule has 1 spiro atoms. The summed E-state index contributed by atoms with van der Waals surface area (Å²) >= 11 is 5.73. The van der Waals surface area contributed by atoms with Crippen molar-refractivity contribution in [1.82, 2.24) is 0 Å². The van der Waals surface area contributed by atoms with Crippen LogP contribution in [0.4, 0.5) is 0 Å². The van der Waals surface area contributed by atoms with E-state index in [-0.39, 0.29) is 41.4 Å². The third kappa shape index (κ3) is 4.46. The fourth-order valence-corrected chi connectivity index (χ4v) is 4.47. The summed E-state index contributed by atoms with van der Waals surface area (Å²) in [4.78, 5) is 23.3. The standard InChI is InChI=1S/C17H28ClNO5/c1-2-15-14(6-4-3-5-8-18)16(20)13(7-9-19(21)22)12-17(15)23-10-11-24-17/h13-15H,2-12H2,1H3/t13-,14+,15+/m0/s1. The number of hydrogen-bond acceptors (Lipinski definition) is 5. The van der Waals surface area contributed by atoms with Crippen LogP contribution in [-0.2, 0) is 14.3 Å². The van der Waals surface area contributed by atoms with Gasteiger partial charge in [0.25, 0.3) is 0 Å². The van der Waals surface area contributed by atoms with Crippen LogP contribution in [-0.4, -0.2) is 42.1 Å². The first-order chi connectivity index (χ1) is 11.5. The minimum atomic E-state index is -0.721. The lowest BCUT2D eigenvalue weighted by molar-refractivity contribution is -0.481. The summed E-state index contributed by atoms with van der Waals surface area (Å²) in [6, 6.07) is 0. The molecule has 2 aliphatic rings. The number of unbranched alkanes of at least 4 members (excludes halogenated alkanes) is 2. The molecule has 2 rings (SSSR count). The van der Waals surface area contributed by atoms with E-state index in [1.165, 1.54) is 0 Å². The SMILES string of the molecule is CC[C@@H]1[C@@H](CCCCCCl)C(=O)[C@@H](CC[N+](=O)[O-])CC12OCCO2. The highest BCUT2D eigenvalue weighted by Gasteiger charge is 2.55. The van der Waals surface area contributed by atoms with Gasteiger partial charge in [-0.1, -0.05) is 19.8 Å². The number of nitrogens with zero attached hydrogens (tertiary/aromatic N) is 1. The molecule has 0 aromatic rings. The monoisotopic (exact) mass is 361 g/mol. The van der Waals surface area contributed by atoms with Gasteiger partial charge in [0.1, 0.15) is 5.78 Å². The van der Waals surface area contributed by atoms with Crippen molar-refractivity contribution in [2.75, 3.05) is 25.6 Å². The Labute approximate surface area is 148 Å². The van der Waals surface area contributed by atoms with E-state index in [2.05, 4.69) is 6.92 Å². The number of ether oxygens (including phenoxy) is 2. The molecule has 1 heterocycles. The van der Waals surface area contributed by atoms with Crippen LogP contribution in [0, 0.1) is 27.9 Å². The average molecular weight is 362 g/mol. The van der Waals surface area contributed by atoms with Crippen LogP contribution in [0.25, 0.3) is 0 Å². The summed E-state index contributed by atoms with van der Waals surface area (Å²) in [5.74, 6) is -0.351. The highest BCUT2D eigenvalue weighted by molar-refractivity contribution is 6.17. The first kappa shape index (κ1) is 19.6. The van der Waals surface area contributed by atoms with Gasteiger partial charge in [-0.05, 0) is 19.3 Å². The topological polar surface area (TPSA) is 78.7 Å². The molecule has 2 fully saturated rings. The fraction of sp³-hybridized carbons (Fsp3) is 0.941. The van der Waals surface area contributed by atoms with E-state index < -0.39 is 5.79 Å². The van der Waals surface area contributed by atoms with Crippen molar-refractivity contribution in [3.05, 3.63) is 10.1 Å². The van der Waals surface area contributed by atoms with E-state index in [0.29, 0.717) is 25.5 Å². The number of rotatable bonds is 9. The van der Waals surface area contributed by atoms with Gasteiger partial charge >= 0.3 is 0 Å². The van der Waals surface area contributed by atoms with E-state index >= 15 is 0 Å². The van der Waals surface area contributed by atoms with Gasteiger partial charge in [0.15, 0.2) is 5.79 Å². The third-order valence-corrected chi connectivity index (χ3v) is 5.64. The first-order valence-electron chi connectivity index (χ1n) is 9.03. The number of carbonyl (C=O) groups is 1. The molecule has 0 amide bonds. The average Bonchev–Trinajstić information content (AvgIpc) is 3.02. The lowest BCUT2D eigenvalue weighted by atomic mass is 9.65. The highest BCUT2D eigenvalue weighted by atomic mass is 35.5. The van der Waals surface area contributed by atoms with Gasteiger partial charge in [-0.15, -0.1) is 11.6 Å². The molecule has 1 aliphatic carbocycles. The quantitative estimate of drug-likeness (QED) is 0.272. The molecule has 138 valence electrons. The third-order valence-electron chi connectivity index (χ3n) is 5.37. The number of hydrogen-bond donors (Lipinski definition) is 0. The number of nitro groups is 1. The Kier molecular flexibility index (Phi) is 7.44. The molecule has 3 atom stereocenters. The van der Waals surface area contributed by atoms with Crippen LogP contribution >= 0.6 is 11.6 Å². The van der Waals surface area contributed by atoms with Crippen LogP contribution < -0.4 is 0 Å². The molecule has 0 radical (unpaired) electrons. The van der Waals surface area contributed by atoms with Crippen molar-refractivity contribution in [3.8, 4) is 0 Å². The summed E-state index contributed by atoms with van der Waals surface area (Å²) in [6.45, 7) is 2.95. The van der Waals surface area contributed by atoms with Crippen molar-refractivity contribution >= 4 is 17.4 Å². The van der Waals surface area contributed by atoms with Crippen molar-refractivity contribution in [2.24, 2.45) is 17.8 Å². The van der Waals surface area contributed by atoms with Gasteiger partial charge in [0.2, 0.25) is 6.54 Å². The van der Waals surface area contributed by atoms with Crippen molar-refractivity contribution in [2.45, 2.75) is 57.7 Å². The van der Waals surface area contributed by atoms with E-state index in [1.54, 1.807) is 0 Å². The van der Waals surface area contributed by atoms with Crippen LogP contribution in [0.2, 0.25) is 0 Å². The van der Waals surface area contributed by atoms with E-state index in [1.807, 2.05) is 0 Å². The molecule has 0 N–H and O–H groups in total. The molecule has 0 aromatic heterocycles. The van der Waals surface area contributed by atoms with Crippen molar-refractivity contribution in [1.29, 1.82) is 0 Å².